The van der Waals surface area contributed by atoms with Gasteiger partial charge in [0.2, 0.25) is 0 Å². The second-order valence-corrected chi connectivity index (χ2v) is 6.20. The lowest BCUT2D eigenvalue weighted by molar-refractivity contribution is 0.244. The molecule has 0 saturated heterocycles. The Balaban J connectivity index is 3.46. The molecule has 0 aliphatic heterocycles. The van der Waals surface area contributed by atoms with Gasteiger partial charge in [0, 0.05) is 0 Å². The van der Waals surface area contributed by atoms with Gasteiger partial charge in [-0.25, -0.2) is 0 Å². The number of hydrogen-bond donors (Lipinski definition) is 0. The van der Waals surface area contributed by atoms with Crippen molar-refractivity contribution in [2.75, 3.05) is 0 Å². The molecule has 0 bridgehead atoms. The van der Waals surface area contributed by atoms with Crippen LogP contribution in [0.5, 0.6) is 0 Å². The maximum Gasteiger partial charge on any atom is -0.0368 e. The minimum Gasteiger partial charge on any atom is -0.0654 e. The average Bonchev–Trinajstić information content (AvgIpc) is 2.28. The van der Waals surface area contributed by atoms with Crippen LogP contribution in [0.4, 0.5) is 0 Å². The highest BCUT2D eigenvalue weighted by molar-refractivity contribution is 4.68. The van der Waals surface area contributed by atoms with Crippen molar-refractivity contribution in [3.8, 4) is 0 Å². The highest BCUT2D eigenvalue weighted by Gasteiger charge is 2.18. The lowest BCUT2D eigenvalue weighted by atomic mass is 9.80. The summed E-state index contributed by atoms with van der Waals surface area (Å²) in [5.74, 6) is 2.73. The van der Waals surface area contributed by atoms with Crippen molar-refractivity contribution in [1.29, 1.82) is 0 Å². The minimum absolute atomic E-state index is 0.861. The van der Waals surface area contributed by atoms with Crippen LogP contribution in [0.1, 0.15) is 92.4 Å². The van der Waals surface area contributed by atoms with Gasteiger partial charge in [-0.1, -0.05) is 92.4 Å². The van der Waals surface area contributed by atoms with E-state index in [0.717, 1.165) is 17.8 Å². The van der Waals surface area contributed by atoms with Crippen LogP contribution in [0.3, 0.4) is 0 Å². The van der Waals surface area contributed by atoms with Crippen molar-refractivity contribution in [2.45, 2.75) is 92.4 Å². The van der Waals surface area contributed by atoms with Crippen LogP contribution in [0.2, 0.25) is 0 Å². The summed E-state index contributed by atoms with van der Waals surface area (Å²) in [4.78, 5) is 0. The molecule has 0 aromatic heterocycles. The summed E-state index contributed by atoms with van der Waals surface area (Å²) in [7, 11) is 0. The molecule has 0 amide bonds. The molecule has 0 heteroatoms. The third-order valence-corrected chi connectivity index (χ3v) is 4.32. The highest BCUT2D eigenvalue weighted by Crippen LogP contribution is 2.28. The Hall–Kier alpha value is 0. The molecule has 0 nitrogen and oxygen atoms in total. The fourth-order valence-electron chi connectivity index (χ4n) is 3.17. The molecular formula is C17H36. The summed E-state index contributed by atoms with van der Waals surface area (Å²) < 4.78 is 0. The van der Waals surface area contributed by atoms with Gasteiger partial charge in [0.15, 0.2) is 0 Å². The molecule has 2 unspecified atom stereocenters. The molecule has 0 heterocycles. The average molecular weight is 240 g/mol. The van der Waals surface area contributed by atoms with E-state index in [1.54, 1.807) is 0 Å². The monoisotopic (exact) mass is 240 g/mol. The second kappa shape index (κ2) is 11.1. The Labute approximate surface area is 111 Å². The lowest BCUT2D eigenvalue weighted by Gasteiger charge is -2.26. The van der Waals surface area contributed by atoms with Gasteiger partial charge in [0.05, 0.1) is 0 Å². The van der Waals surface area contributed by atoms with E-state index >= 15 is 0 Å². The number of unbranched alkanes of at least 4 members (excludes halogenated alkanes) is 6. The molecule has 0 aromatic carbocycles. The smallest absolute Gasteiger partial charge is 0.0368 e. The van der Waals surface area contributed by atoms with Crippen LogP contribution in [0, 0.1) is 17.8 Å². The van der Waals surface area contributed by atoms with Gasteiger partial charge in [0.1, 0.15) is 0 Å². The normalized spacial score (nSPS) is 15.2. The highest BCUT2D eigenvalue weighted by atomic mass is 14.2. The Bertz CT molecular complexity index is 148. The van der Waals surface area contributed by atoms with Crippen molar-refractivity contribution in [3.63, 3.8) is 0 Å². The topological polar surface area (TPSA) is 0 Å². The van der Waals surface area contributed by atoms with Gasteiger partial charge < -0.3 is 0 Å². The molecule has 0 aromatic rings. The molecule has 0 spiro atoms. The van der Waals surface area contributed by atoms with E-state index in [2.05, 4.69) is 34.6 Å². The predicted molar refractivity (Wildman–Crippen MR) is 80.4 cm³/mol. The maximum atomic E-state index is 2.46. The molecule has 0 aliphatic carbocycles. The van der Waals surface area contributed by atoms with E-state index in [0.29, 0.717) is 0 Å². The van der Waals surface area contributed by atoms with Gasteiger partial charge >= 0.3 is 0 Å². The van der Waals surface area contributed by atoms with Crippen molar-refractivity contribution in [3.05, 3.63) is 0 Å². The predicted octanol–water partition coefficient (Wildman–Crippen LogP) is 6.45. The van der Waals surface area contributed by atoms with Crippen LogP contribution in [-0.4, -0.2) is 0 Å². The summed E-state index contributed by atoms with van der Waals surface area (Å²) in [6.45, 7) is 11.9. The number of hydrogen-bond acceptors (Lipinski definition) is 0. The molecule has 0 N–H and O–H groups in total. The lowest BCUT2D eigenvalue weighted by Crippen LogP contribution is -2.16. The summed E-state index contributed by atoms with van der Waals surface area (Å²) in [6.07, 6.45) is 12.9. The Morgan fingerprint density at radius 3 is 1.71 bits per heavy atom. The first kappa shape index (κ1) is 17.0. The third-order valence-electron chi connectivity index (χ3n) is 4.32. The van der Waals surface area contributed by atoms with Crippen molar-refractivity contribution in [1.82, 2.24) is 0 Å². The molecule has 17 heavy (non-hydrogen) atoms. The van der Waals surface area contributed by atoms with Gasteiger partial charge in [0.25, 0.3) is 0 Å². The van der Waals surface area contributed by atoms with E-state index in [-0.39, 0.29) is 0 Å². The van der Waals surface area contributed by atoms with E-state index in [1.165, 1.54) is 57.8 Å². The van der Waals surface area contributed by atoms with Crippen molar-refractivity contribution >= 4 is 0 Å². The zero-order valence-corrected chi connectivity index (χ0v) is 13.1. The van der Waals surface area contributed by atoms with Crippen LogP contribution in [0.25, 0.3) is 0 Å². The van der Waals surface area contributed by atoms with Crippen molar-refractivity contribution in [2.24, 2.45) is 17.8 Å². The van der Waals surface area contributed by atoms with Gasteiger partial charge in [-0.05, 0) is 17.8 Å². The first-order valence-corrected chi connectivity index (χ1v) is 8.13. The van der Waals surface area contributed by atoms with Gasteiger partial charge in [-0.3, -0.25) is 0 Å². The molecule has 104 valence electrons. The fraction of sp³-hybridized carbons (Fsp3) is 1.00. The Morgan fingerprint density at radius 2 is 1.24 bits per heavy atom. The van der Waals surface area contributed by atoms with Gasteiger partial charge in [-0.15, -0.1) is 0 Å². The number of rotatable bonds is 11. The molecule has 0 rings (SSSR count). The quantitative estimate of drug-likeness (QED) is 0.364. The van der Waals surface area contributed by atoms with E-state index in [4.69, 9.17) is 0 Å². The molecule has 2 atom stereocenters. The Kier molecular flexibility index (Phi) is 11.1. The minimum atomic E-state index is 0.861. The van der Waals surface area contributed by atoms with Crippen LogP contribution in [0.15, 0.2) is 0 Å². The second-order valence-electron chi connectivity index (χ2n) is 6.20. The largest absolute Gasteiger partial charge is 0.0654 e. The summed E-state index contributed by atoms with van der Waals surface area (Å²) >= 11 is 0. The zero-order valence-electron chi connectivity index (χ0n) is 13.1. The zero-order chi connectivity index (χ0) is 13.1. The van der Waals surface area contributed by atoms with E-state index in [9.17, 15) is 0 Å². The maximum absolute atomic E-state index is 2.46. The molecular weight excluding hydrogens is 204 g/mol. The first-order chi connectivity index (χ1) is 8.13. The molecule has 0 fully saturated rings. The summed E-state index contributed by atoms with van der Waals surface area (Å²) in [5.41, 5.74) is 0. The van der Waals surface area contributed by atoms with Crippen molar-refractivity contribution < 1.29 is 0 Å². The summed E-state index contributed by atoms with van der Waals surface area (Å²) in [6, 6.07) is 0. The molecule has 0 radical (unpaired) electrons. The van der Waals surface area contributed by atoms with E-state index < -0.39 is 0 Å². The Morgan fingerprint density at radius 1 is 0.706 bits per heavy atom. The fourth-order valence-corrected chi connectivity index (χ4v) is 3.17. The first-order valence-electron chi connectivity index (χ1n) is 8.13. The van der Waals surface area contributed by atoms with Crippen LogP contribution < -0.4 is 0 Å². The standard InChI is InChI=1S/C17H36/c1-6-8-9-10-11-12-13-14-16(5)17(7-2)15(3)4/h15-17H,6-14H2,1-5H3. The molecule has 0 saturated carbocycles. The summed E-state index contributed by atoms with van der Waals surface area (Å²) in [5, 5.41) is 0. The third kappa shape index (κ3) is 8.69. The van der Waals surface area contributed by atoms with Gasteiger partial charge in [-0.2, -0.15) is 0 Å². The van der Waals surface area contributed by atoms with Crippen LogP contribution in [-0.2, 0) is 0 Å². The van der Waals surface area contributed by atoms with E-state index in [1.807, 2.05) is 0 Å². The van der Waals surface area contributed by atoms with Crippen LogP contribution >= 0.6 is 0 Å². The SMILES string of the molecule is CCCCCCCCCC(C)C(CC)C(C)C. The molecule has 0 aliphatic rings.